The van der Waals surface area contributed by atoms with Crippen molar-refractivity contribution in [3.05, 3.63) is 47.7 Å². The SMILES string of the molecule is Cc1cn(CCCc2ccccc2)nc1N. The highest BCUT2D eigenvalue weighted by Crippen LogP contribution is 2.08. The Labute approximate surface area is 95.9 Å². The lowest BCUT2D eigenvalue weighted by molar-refractivity contribution is 0.580. The van der Waals surface area contributed by atoms with E-state index in [2.05, 4.69) is 29.4 Å². The zero-order valence-corrected chi connectivity index (χ0v) is 9.56. The number of anilines is 1. The molecule has 1 aromatic carbocycles. The van der Waals surface area contributed by atoms with Crippen LogP contribution in [0.2, 0.25) is 0 Å². The Kier molecular flexibility index (Phi) is 3.25. The summed E-state index contributed by atoms with van der Waals surface area (Å²) in [4.78, 5) is 0. The van der Waals surface area contributed by atoms with Gasteiger partial charge in [0.05, 0.1) is 0 Å². The summed E-state index contributed by atoms with van der Waals surface area (Å²) in [5, 5.41) is 4.24. The lowest BCUT2D eigenvalue weighted by atomic mass is 10.1. The van der Waals surface area contributed by atoms with Crippen molar-refractivity contribution in [1.29, 1.82) is 0 Å². The molecule has 0 amide bonds. The Morgan fingerprint density at radius 1 is 1.25 bits per heavy atom. The molecule has 1 heterocycles. The average molecular weight is 215 g/mol. The van der Waals surface area contributed by atoms with E-state index in [4.69, 9.17) is 5.73 Å². The maximum absolute atomic E-state index is 5.69. The molecule has 3 heteroatoms. The summed E-state index contributed by atoms with van der Waals surface area (Å²) in [6.07, 6.45) is 4.17. The highest BCUT2D eigenvalue weighted by atomic mass is 15.3. The van der Waals surface area contributed by atoms with Crippen molar-refractivity contribution >= 4 is 5.82 Å². The van der Waals surface area contributed by atoms with Crippen molar-refractivity contribution in [2.75, 3.05) is 5.73 Å². The second-order valence-corrected chi connectivity index (χ2v) is 4.05. The van der Waals surface area contributed by atoms with E-state index in [-0.39, 0.29) is 0 Å². The maximum atomic E-state index is 5.69. The molecule has 1 aromatic heterocycles. The first-order chi connectivity index (χ1) is 7.75. The van der Waals surface area contributed by atoms with E-state index in [1.807, 2.05) is 23.9 Å². The molecular weight excluding hydrogens is 198 g/mol. The molecular formula is C13H17N3. The normalized spacial score (nSPS) is 10.6. The van der Waals surface area contributed by atoms with Crippen molar-refractivity contribution in [3.8, 4) is 0 Å². The van der Waals surface area contributed by atoms with Gasteiger partial charge in [0.15, 0.2) is 0 Å². The van der Waals surface area contributed by atoms with Crippen LogP contribution in [0.1, 0.15) is 17.5 Å². The van der Waals surface area contributed by atoms with Crippen LogP contribution < -0.4 is 5.73 Å². The number of nitrogens with two attached hydrogens (primary N) is 1. The topological polar surface area (TPSA) is 43.8 Å². The fourth-order valence-electron chi connectivity index (χ4n) is 1.74. The van der Waals surface area contributed by atoms with Crippen LogP contribution in [0.15, 0.2) is 36.5 Å². The Morgan fingerprint density at radius 2 is 2.00 bits per heavy atom. The summed E-state index contributed by atoms with van der Waals surface area (Å²) in [6.45, 7) is 2.91. The number of hydrogen-bond donors (Lipinski definition) is 1. The fraction of sp³-hybridized carbons (Fsp3) is 0.308. The lowest BCUT2D eigenvalue weighted by Gasteiger charge is -2.01. The van der Waals surface area contributed by atoms with Gasteiger partial charge in [0, 0.05) is 18.3 Å². The highest BCUT2D eigenvalue weighted by molar-refractivity contribution is 5.35. The zero-order valence-electron chi connectivity index (χ0n) is 9.56. The molecule has 0 aliphatic carbocycles. The summed E-state index contributed by atoms with van der Waals surface area (Å²) < 4.78 is 1.92. The van der Waals surface area contributed by atoms with Crippen molar-refractivity contribution in [1.82, 2.24) is 9.78 Å². The average Bonchev–Trinajstić information content (AvgIpc) is 2.60. The van der Waals surface area contributed by atoms with Gasteiger partial charge in [0.25, 0.3) is 0 Å². The molecule has 0 saturated heterocycles. The van der Waals surface area contributed by atoms with Crippen LogP contribution in [-0.2, 0) is 13.0 Å². The van der Waals surface area contributed by atoms with E-state index in [1.54, 1.807) is 0 Å². The van der Waals surface area contributed by atoms with Gasteiger partial charge in [-0.25, -0.2) is 0 Å². The molecule has 0 aliphatic rings. The molecule has 2 N–H and O–H groups in total. The van der Waals surface area contributed by atoms with Crippen LogP contribution in [0.4, 0.5) is 5.82 Å². The van der Waals surface area contributed by atoms with Crippen LogP contribution in [0.5, 0.6) is 0 Å². The van der Waals surface area contributed by atoms with Crippen molar-refractivity contribution in [2.45, 2.75) is 26.3 Å². The summed E-state index contributed by atoms with van der Waals surface area (Å²) in [5.41, 5.74) is 8.12. The highest BCUT2D eigenvalue weighted by Gasteiger charge is 2.00. The van der Waals surface area contributed by atoms with Crippen LogP contribution in [0, 0.1) is 6.92 Å². The second kappa shape index (κ2) is 4.84. The first-order valence-electron chi connectivity index (χ1n) is 5.59. The molecule has 0 aliphatic heterocycles. The number of nitrogen functional groups attached to an aromatic ring is 1. The Bertz CT molecular complexity index is 426. The van der Waals surface area contributed by atoms with Crippen molar-refractivity contribution < 1.29 is 0 Å². The molecule has 2 rings (SSSR count). The Morgan fingerprint density at radius 3 is 2.62 bits per heavy atom. The number of aryl methyl sites for hydroxylation is 3. The molecule has 16 heavy (non-hydrogen) atoms. The monoisotopic (exact) mass is 215 g/mol. The Balaban J connectivity index is 1.84. The van der Waals surface area contributed by atoms with Gasteiger partial charge < -0.3 is 5.73 Å². The van der Waals surface area contributed by atoms with E-state index in [0.717, 1.165) is 24.9 Å². The Hall–Kier alpha value is -1.77. The van der Waals surface area contributed by atoms with Gasteiger partial charge >= 0.3 is 0 Å². The smallest absolute Gasteiger partial charge is 0.148 e. The van der Waals surface area contributed by atoms with Crippen molar-refractivity contribution in [3.63, 3.8) is 0 Å². The van der Waals surface area contributed by atoms with Gasteiger partial charge in [-0.2, -0.15) is 5.10 Å². The molecule has 0 spiro atoms. The zero-order chi connectivity index (χ0) is 11.4. The molecule has 2 aromatic rings. The van der Waals surface area contributed by atoms with Crippen LogP contribution in [0.3, 0.4) is 0 Å². The predicted molar refractivity (Wildman–Crippen MR) is 66.1 cm³/mol. The minimum absolute atomic E-state index is 0.639. The van der Waals surface area contributed by atoms with Crippen LogP contribution >= 0.6 is 0 Å². The minimum Gasteiger partial charge on any atom is -0.382 e. The third kappa shape index (κ3) is 2.63. The van der Waals surface area contributed by atoms with E-state index in [0.29, 0.717) is 5.82 Å². The number of nitrogens with zero attached hydrogens (tertiary/aromatic N) is 2. The second-order valence-electron chi connectivity index (χ2n) is 4.05. The van der Waals surface area contributed by atoms with E-state index >= 15 is 0 Å². The van der Waals surface area contributed by atoms with E-state index in [9.17, 15) is 0 Å². The summed E-state index contributed by atoms with van der Waals surface area (Å²) in [6, 6.07) is 10.5. The largest absolute Gasteiger partial charge is 0.382 e. The van der Waals surface area contributed by atoms with Gasteiger partial charge in [0.2, 0.25) is 0 Å². The predicted octanol–water partition coefficient (Wildman–Crippen LogP) is 2.41. The molecule has 84 valence electrons. The standard InChI is InChI=1S/C13H17N3/c1-11-10-16(15-13(11)14)9-5-8-12-6-3-2-4-7-12/h2-4,6-7,10H,5,8-9H2,1H3,(H2,14,15). The molecule has 0 fully saturated rings. The van der Waals surface area contributed by atoms with Gasteiger partial charge in [-0.05, 0) is 25.3 Å². The number of benzene rings is 1. The van der Waals surface area contributed by atoms with Gasteiger partial charge in [-0.3, -0.25) is 4.68 Å². The molecule has 0 bridgehead atoms. The molecule has 0 atom stereocenters. The van der Waals surface area contributed by atoms with Gasteiger partial charge in [-0.1, -0.05) is 30.3 Å². The molecule has 3 nitrogen and oxygen atoms in total. The number of hydrogen-bond acceptors (Lipinski definition) is 2. The third-order valence-electron chi connectivity index (χ3n) is 2.68. The van der Waals surface area contributed by atoms with Crippen LogP contribution in [0.25, 0.3) is 0 Å². The van der Waals surface area contributed by atoms with Gasteiger partial charge in [0.1, 0.15) is 5.82 Å². The summed E-state index contributed by atoms with van der Waals surface area (Å²) in [7, 11) is 0. The lowest BCUT2D eigenvalue weighted by Crippen LogP contribution is -2.01. The number of aromatic nitrogens is 2. The third-order valence-corrected chi connectivity index (χ3v) is 2.68. The number of rotatable bonds is 4. The molecule has 0 unspecified atom stereocenters. The molecule has 0 saturated carbocycles. The van der Waals surface area contributed by atoms with Crippen molar-refractivity contribution in [2.24, 2.45) is 0 Å². The minimum atomic E-state index is 0.639. The fourth-order valence-corrected chi connectivity index (χ4v) is 1.74. The van der Waals surface area contributed by atoms with Gasteiger partial charge in [-0.15, -0.1) is 0 Å². The maximum Gasteiger partial charge on any atom is 0.148 e. The quantitative estimate of drug-likeness (QED) is 0.851. The van der Waals surface area contributed by atoms with E-state index in [1.165, 1.54) is 5.56 Å². The van der Waals surface area contributed by atoms with Crippen LogP contribution in [-0.4, -0.2) is 9.78 Å². The molecule has 0 radical (unpaired) electrons. The summed E-state index contributed by atoms with van der Waals surface area (Å²) >= 11 is 0. The summed E-state index contributed by atoms with van der Waals surface area (Å²) in [5.74, 6) is 0.639. The first-order valence-corrected chi connectivity index (χ1v) is 5.59. The first kappa shape index (κ1) is 10.7. The van der Waals surface area contributed by atoms with E-state index < -0.39 is 0 Å².